The average Bonchev–Trinajstić information content (AvgIpc) is 3.03. The van der Waals surface area contributed by atoms with E-state index in [2.05, 4.69) is 10.6 Å². The Morgan fingerprint density at radius 3 is 2.74 bits per heavy atom. The molecule has 0 fully saturated rings. The average molecular weight is 317 g/mol. The summed E-state index contributed by atoms with van der Waals surface area (Å²) in [6, 6.07) is 9.03. The molecule has 2 amide bonds. The molecule has 0 saturated heterocycles. The van der Waals surface area contributed by atoms with Crippen molar-refractivity contribution in [2.24, 2.45) is 0 Å². The molecule has 1 aromatic heterocycles. The number of benzene rings is 1. The van der Waals surface area contributed by atoms with E-state index in [1.54, 1.807) is 13.4 Å². The van der Waals surface area contributed by atoms with Crippen LogP contribution in [0.1, 0.15) is 17.4 Å². The van der Waals surface area contributed by atoms with Crippen molar-refractivity contribution in [2.45, 2.75) is 13.0 Å². The third-order valence-corrected chi connectivity index (χ3v) is 3.56. The Balaban J connectivity index is 1.97. The van der Waals surface area contributed by atoms with Gasteiger partial charge in [0.25, 0.3) is 0 Å². The number of methoxy groups -OCH3 is 1. The van der Waals surface area contributed by atoms with Gasteiger partial charge in [0.05, 0.1) is 25.1 Å². The van der Waals surface area contributed by atoms with Crippen molar-refractivity contribution in [2.75, 3.05) is 33.1 Å². The minimum absolute atomic E-state index is 0.0318. The quantitative estimate of drug-likeness (QED) is 0.859. The molecule has 0 aliphatic carbocycles. The molecule has 1 heterocycles. The van der Waals surface area contributed by atoms with Gasteiger partial charge in [-0.2, -0.15) is 0 Å². The van der Waals surface area contributed by atoms with E-state index in [-0.39, 0.29) is 12.1 Å². The second-order valence-electron chi connectivity index (χ2n) is 5.53. The Labute approximate surface area is 136 Å². The fourth-order valence-corrected chi connectivity index (χ4v) is 2.28. The van der Waals surface area contributed by atoms with Crippen molar-refractivity contribution in [3.05, 3.63) is 47.9 Å². The van der Waals surface area contributed by atoms with Gasteiger partial charge in [-0.05, 0) is 50.8 Å². The summed E-state index contributed by atoms with van der Waals surface area (Å²) in [5.41, 5.74) is 1.70. The molecule has 2 N–H and O–H groups in total. The highest BCUT2D eigenvalue weighted by Crippen LogP contribution is 2.25. The molecule has 23 heavy (non-hydrogen) atoms. The van der Waals surface area contributed by atoms with Gasteiger partial charge in [0, 0.05) is 6.54 Å². The topological polar surface area (TPSA) is 66.7 Å². The van der Waals surface area contributed by atoms with Crippen molar-refractivity contribution in [1.29, 1.82) is 0 Å². The molecular formula is C17H23N3O3. The van der Waals surface area contributed by atoms with Crippen LogP contribution in [0.4, 0.5) is 10.5 Å². The van der Waals surface area contributed by atoms with Crippen LogP contribution in [0.25, 0.3) is 0 Å². The highest BCUT2D eigenvalue weighted by molar-refractivity contribution is 5.91. The van der Waals surface area contributed by atoms with E-state index in [0.717, 1.165) is 11.3 Å². The van der Waals surface area contributed by atoms with Gasteiger partial charge in [-0.15, -0.1) is 0 Å². The smallest absolute Gasteiger partial charge is 0.319 e. The van der Waals surface area contributed by atoms with Crippen molar-refractivity contribution in [1.82, 2.24) is 10.2 Å². The summed E-state index contributed by atoms with van der Waals surface area (Å²) < 4.78 is 10.7. The number of hydrogen-bond acceptors (Lipinski definition) is 4. The predicted octanol–water partition coefficient (Wildman–Crippen LogP) is 3.02. The van der Waals surface area contributed by atoms with Crippen molar-refractivity contribution >= 4 is 11.7 Å². The first-order chi connectivity index (χ1) is 11.0. The lowest BCUT2D eigenvalue weighted by Gasteiger charge is -2.22. The molecule has 0 radical (unpaired) electrons. The molecule has 0 saturated carbocycles. The molecule has 6 nitrogen and oxygen atoms in total. The van der Waals surface area contributed by atoms with Crippen LogP contribution >= 0.6 is 0 Å². The molecule has 0 aliphatic heterocycles. The minimum Gasteiger partial charge on any atom is -0.495 e. The van der Waals surface area contributed by atoms with Crippen molar-refractivity contribution in [3.8, 4) is 5.75 Å². The third-order valence-electron chi connectivity index (χ3n) is 3.56. The van der Waals surface area contributed by atoms with Crippen LogP contribution in [0.2, 0.25) is 0 Å². The summed E-state index contributed by atoms with van der Waals surface area (Å²) >= 11 is 0. The maximum absolute atomic E-state index is 12.1. The monoisotopic (exact) mass is 317 g/mol. The zero-order valence-electron chi connectivity index (χ0n) is 13.9. The minimum atomic E-state index is -0.287. The van der Waals surface area contributed by atoms with E-state index >= 15 is 0 Å². The summed E-state index contributed by atoms with van der Waals surface area (Å²) in [5, 5.41) is 5.66. The van der Waals surface area contributed by atoms with Crippen LogP contribution in [-0.4, -0.2) is 38.7 Å². The summed E-state index contributed by atoms with van der Waals surface area (Å²) in [7, 11) is 5.46. The third kappa shape index (κ3) is 4.50. The van der Waals surface area contributed by atoms with E-state index in [9.17, 15) is 4.79 Å². The number of furan rings is 1. The van der Waals surface area contributed by atoms with E-state index in [4.69, 9.17) is 9.15 Å². The van der Waals surface area contributed by atoms with E-state index in [0.29, 0.717) is 18.0 Å². The SMILES string of the molecule is COc1cc(C)ccc1NC(=O)NCC(c1ccco1)N(C)C. The first-order valence-corrected chi connectivity index (χ1v) is 7.40. The Morgan fingerprint density at radius 2 is 2.13 bits per heavy atom. The van der Waals surface area contributed by atoms with Gasteiger partial charge in [0.15, 0.2) is 0 Å². The molecule has 1 aromatic carbocycles. The van der Waals surface area contributed by atoms with E-state index in [1.165, 1.54) is 0 Å². The van der Waals surface area contributed by atoms with Crippen molar-refractivity contribution in [3.63, 3.8) is 0 Å². The van der Waals surface area contributed by atoms with Crippen molar-refractivity contribution < 1.29 is 13.9 Å². The lowest BCUT2D eigenvalue weighted by molar-refractivity contribution is 0.233. The Bertz CT molecular complexity index is 639. The zero-order valence-corrected chi connectivity index (χ0v) is 13.9. The van der Waals surface area contributed by atoms with Gasteiger partial charge in [0.2, 0.25) is 0 Å². The number of carbonyl (C=O) groups is 1. The summed E-state index contributed by atoms with van der Waals surface area (Å²) in [6.45, 7) is 2.40. The lowest BCUT2D eigenvalue weighted by Crippen LogP contribution is -2.36. The molecule has 0 bridgehead atoms. The molecule has 2 rings (SSSR count). The molecule has 0 aliphatic rings. The van der Waals surface area contributed by atoms with Crippen LogP contribution < -0.4 is 15.4 Å². The van der Waals surface area contributed by atoms with Crippen LogP contribution in [0, 0.1) is 6.92 Å². The van der Waals surface area contributed by atoms with Gasteiger partial charge >= 0.3 is 6.03 Å². The molecular weight excluding hydrogens is 294 g/mol. The second kappa shape index (κ2) is 7.69. The Kier molecular flexibility index (Phi) is 5.65. The number of hydrogen-bond donors (Lipinski definition) is 2. The summed E-state index contributed by atoms with van der Waals surface area (Å²) in [5.74, 6) is 1.44. The highest BCUT2D eigenvalue weighted by atomic mass is 16.5. The largest absolute Gasteiger partial charge is 0.495 e. The van der Waals surface area contributed by atoms with E-state index < -0.39 is 0 Å². The fourth-order valence-electron chi connectivity index (χ4n) is 2.28. The first-order valence-electron chi connectivity index (χ1n) is 7.40. The molecule has 124 valence electrons. The number of ether oxygens (including phenoxy) is 1. The number of anilines is 1. The first kappa shape index (κ1) is 16.9. The van der Waals surface area contributed by atoms with Gasteiger partial charge in [-0.3, -0.25) is 4.90 Å². The number of carbonyl (C=O) groups excluding carboxylic acids is 1. The number of rotatable bonds is 6. The molecule has 1 atom stereocenters. The van der Waals surface area contributed by atoms with Crippen LogP contribution in [0.3, 0.4) is 0 Å². The van der Waals surface area contributed by atoms with Crippen LogP contribution in [0.15, 0.2) is 41.0 Å². The fraction of sp³-hybridized carbons (Fsp3) is 0.353. The Morgan fingerprint density at radius 1 is 1.35 bits per heavy atom. The molecule has 0 spiro atoms. The van der Waals surface area contributed by atoms with Crippen LogP contribution in [0.5, 0.6) is 5.75 Å². The number of nitrogens with zero attached hydrogens (tertiary/aromatic N) is 1. The normalized spacial score (nSPS) is 12.0. The van der Waals surface area contributed by atoms with Gasteiger partial charge < -0.3 is 19.8 Å². The summed E-state index contributed by atoms with van der Waals surface area (Å²) in [6.07, 6.45) is 1.63. The van der Waals surface area contributed by atoms with Gasteiger partial charge in [-0.1, -0.05) is 6.07 Å². The zero-order chi connectivity index (χ0) is 16.8. The maximum Gasteiger partial charge on any atom is 0.319 e. The maximum atomic E-state index is 12.1. The Hall–Kier alpha value is -2.47. The number of aryl methyl sites for hydroxylation is 1. The summed E-state index contributed by atoms with van der Waals surface area (Å²) in [4.78, 5) is 14.1. The number of nitrogens with one attached hydrogen (secondary N) is 2. The van der Waals surface area contributed by atoms with E-state index in [1.807, 2.05) is 56.3 Å². The second-order valence-corrected chi connectivity index (χ2v) is 5.53. The molecule has 6 heteroatoms. The number of likely N-dealkylation sites (N-methyl/N-ethyl adjacent to an activating group) is 1. The number of amides is 2. The lowest BCUT2D eigenvalue weighted by atomic mass is 10.2. The van der Waals surface area contributed by atoms with Crippen LogP contribution in [-0.2, 0) is 0 Å². The van der Waals surface area contributed by atoms with Gasteiger partial charge in [0.1, 0.15) is 11.5 Å². The molecule has 2 aromatic rings. The van der Waals surface area contributed by atoms with Gasteiger partial charge in [-0.25, -0.2) is 4.79 Å². The number of urea groups is 1. The molecule has 1 unspecified atom stereocenters. The predicted molar refractivity (Wildman–Crippen MR) is 89.9 cm³/mol. The standard InChI is InChI=1S/C17H23N3O3/c1-12-7-8-13(16(10-12)22-4)19-17(21)18-11-14(20(2)3)15-6-5-9-23-15/h5-10,14H,11H2,1-4H3,(H2,18,19,21). The highest BCUT2D eigenvalue weighted by Gasteiger charge is 2.18.